The maximum Gasteiger partial charge on any atom is 0.435 e. The fourth-order valence-electron chi connectivity index (χ4n) is 5.06. The van der Waals surface area contributed by atoms with Crippen LogP contribution in [-0.4, -0.2) is 65.4 Å². The monoisotopic (exact) mass is 574 g/mol. The molecule has 3 atom stereocenters. The molecule has 0 unspecified atom stereocenters. The Hall–Kier alpha value is -4.84. The van der Waals surface area contributed by atoms with Crippen LogP contribution >= 0.6 is 0 Å². The zero-order valence-electron chi connectivity index (χ0n) is 21.9. The summed E-state index contributed by atoms with van der Waals surface area (Å²) in [6.07, 6.45) is 1.53. The average molecular weight is 575 g/mol. The minimum absolute atomic E-state index is 0.0563. The summed E-state index contributed by atoms with van der Waals surface area (Å²) in [7, 11) is -4.35. The zero-order chi connectivity index (χ0) is 29.2. The quantitative estimate of drug-likeness (QED) is 0.147. The number of nitrogens with two attached hydrogens (primary N) is 1. The minimum Gasteiger partial charge on any atom is -0.451 e. The Morgan fingerprint density at radius 2 is 1.66 bits per heavy atom. The van der Waals surface area contributed by atoms with Crippen molar-refractivity contribution in [2.45, 2.75) is 29.2 Å². The maximum atomic E-state index is 14.0. The Morgan fingerprint density at radius 3 is 2.22 bits per heavy atom. The first-order valence-electron chi connectivity index (χ1n) is 12.6. The van der Waals surface area contributed by atoms with Gasteiger partial charge >= 0.3 is 12.1 Å². The van der Waals surface area contributed by atoms with Crippen LogP contribution in [0.25, 0.3) is 6.08 Å². The Morgan fingerprint density at radius 1 is 1.05 bits per heavy atom. The highest BCUT2D eigenvalue weighted by atomic mass is 32.2. The van der Waals surface area contributed by atoms with Crippen LogP contribution in [0, 0.1) is 0 Å². The van der Waals surface area contributed by atoms with Crippen molar-refractivity contribution in [2.75, 3.05) is 6.61 Å². The van der Waals surface area contributed by atoms with Crippen LogP contribution in [0.2, 0.25) is 0 Å². The molecule has 0 spiro atoms. The van der Waals surface area contributed by atoms with Gasteiger partial charge in [-0.25, -0.2) is 18.0 Å². The summed E-state index contributed by atoms with van der Waals surface area (Å²) in [5.74, 6) is -1.64. The van der Waals surface area contributed by atoms with Crippen LogP contribution in [-0.2, 0) is 28.9 Å². The van der Waals surface area contributed by atoms with E-state index in [1.165, 1.54) is 19.2 Å². The lowest BCUT2D eigenvalue weighted by Gasteiger charge is -2.39. The Bertz CT molecular complexity index is 1590. The number of aliphatic imine (C=N–C) groups is 1. The number of carbonyl (C=O) groups excluding carboxylic acids is 3. The fraction of sp³-hybridized carbons (Fsp3) is 0.207. The molecule has 2 N–H and O–H groups in total. The zero-order valence-corrected chi connectivity index (χ0v) is 22.7. The number of ether oxygens (including phenoxy) is 2. The standard InChI is InChI=1S/C29H26N4O7S/c1-29(17-39-28(36)32-18-30)24(27(35)40-23(19-10-4-2-5-11-19)20-12-6-3-7-13-20)33-25(34)22(26(33)41(29,37)38)16-21-14-8-9-15-31-21/h2-16,18,23-24,26H,17H2,1H3,(H2,30,32,36)/t24-,26+,29-/m0/s1. The van der Waals surface area contributed by atoms with Gasteiger partial charge in [0.15, 0.2) is 27.4 Å². The molecular formula is C29H26N4O7S. The number of amides is 2. The smallest absolute Gasteiger partial charge is 0.435 e. The molecule has 2 aliphatic rings. The van der Waals surface area contributed by atoms with E-state index < -0.39 is 56.7 Å². The van der Waals surface area contributed by atoms with Gasteiger partial charge in [-0.1, -0.05) is 66.7 Å². The summed E-state index contributed by atoms with van der Waals surface area (Å²) in [5.41, 5.74) is 6.75. The summed E-state index contributed by atoms with van der Waals surface area (Å²) < 4.78 is 37.0. The lowest BCUT2D eigenvalue weighted by atomic mass is 9.94. The van der Waals surface area contributed by atoms with E-state index in [4.69, 9.17) is 15.2 Å². The Balaban J connectivity index is 1.56. The number of carbonyl (C=O) groups is 3. The van der Waals surface area contributed by atoms with Crippen LogP contribution in [0.15, 0.2) is 95.6 Å². The van der Waals surface area contributed by atoms with Gasteiger partial charge < -0.3 is 20.1 Å². The van der Waals surface area contributed by atoms with E-state index in [1.807, 2.05) is 12.1 Å². The van der Waals surface area contributed by atoms with Gasteiger partial charge in [-0.3, -0.25) is 9.78 Å². The van der Waals surface area contributed by atoms with Gasteiger partial charge in [-0.05, 0) is 36.3 Å². The maximum absolute atomic E-state index is 14.0. The van der Waals surface area contributed by atoms with E-state index in [1.54, 1.807) is 66.7 Å². The molecule has 2 saturated heterocycles. The van der Waals surface area contributed by atoms with Gasteiger partial charge in [0.05, 0.1) is 17.6 Å². The van der Waals surface area contributed by atoms with Crippen molar-refractivity contribution in [3.05, 3.63) is 107 Å². The lowest BCUT2D eigenvalue weighted by molar-refractivity contribution is -0.161. The molecule has 1 aromatic heterocycles. The highest BCUT2D eigenvalue weighted by Crippen LogP contribution is 2.50. The molecule has 11 nitrogen and oxygen atoms in total. The molecule has 0 aliphatic carbocycles. The number of sulfone groups is 1. The SMILES string of the molecule is C[C@]1(COC(=O)N=CN)[C@H](C(=O)OC(c2ccccc2)c2ccccc2)N2C(=O)C(=Cc3ccccn3)[C@H]2S1(=O)=O. The van der Waals surface area contributed by atoms with E-state index in [0.29, 0.717) is 23.2 Å². The predicted molar refractivity (Wildman–Crippen MR) is 149 cm³/mol. The van der Waals surface area contributed by atoms with E-state index in [0.717, 1.165) is 4.90 Å². The molecule has 2 amide bonds. The first-order chi connectivity index (χ1) is 19.7. The van der Waals surface area contributed by atoms with E-state index in [2.05, 4.69) is 9.98 Å². The molecule has 0 saturated carbocycles. The van der Waals surface area contributed by atoms with Crippen molar-refractivity contribution in [2.24, 2.45) is 10.7 Å². The van der Waals surface area contributed by atoms with Gasteiger partial charge in [-0.15, -0.1) is 0 Å². The fourth-order valence-corrected chi connectivity index (χ4v) is 7.34. The van der Waals surface area contributed by atoms with Crippen LogP contribution < -0.4 is 5.73 Å². The lowest BCUT2D eigenvalue weighted by Crippen LogP contribution is -2.60. The van der Waals surface area contributed by atoms with E-state index in [9.17, 15) is 22.8 Å². The van der Waals surface area contributed by atoms with Gasteiger partial charge in [-0.2, -0.15) is 4.99 Å². The molecule has 3 aromatic rings. The number of aromatic nitrogens is 1. The third-order valence-electron chi connectivity index (χ3n) is 7.12. The number of benzene rings is 2. The largest absolute Gasteiger partial charge is 0.451 e. The molecule has 0 radical (unpaired) electrons. The Labute approximate surface area is 236 Å². The number of hydrogen-bond acceptors (Lipinski definition) is 8. The molecule has 2 aromatic carbocycles. The summed E-state index contributed by atoms with van der Waals surface area (Å²) in [6.45, 7) is 0.474. The normalized spacial score (nSPS) is 23.8. The molecule has 12 heteroatoms. The third-order valence-corrected chi connectivity index (χ3v) is 9.83. The first-order valence-corrected chi connectivity index (χ1v) is 14.1. The summed E-state index contributed by atoms with van der Waals surface area (Å²) in [6, 6.07) is 21.2. The number of β-lactam (4-membered cyclic amide) rings is 1. The number of pyridine rings is 1. The average Bonchev–Trinajstić information content (AvgIpc) is 3.15. The Kier molecular flexibility index (Phi) is 7.41. The second-order valence-electron chi connectivity index (χ2n) is 9.65. The minimum atomic E-state index is -4.35. The second-order valence-corrected chi connectivity index (χ2v) is 12.1. The van der Waals surface area contributed by atoms with Crippen LogP contribution in [0.1, 0.15) is 29.8 Å². The molecule has 3 heterocycles. The van der Waals surface area contributed by atoms with Gasteiger partial charge in [0.2, 0.25) is 0 Å². The first kappa shape index (κ1) is 27.7. The number of fused-ring (bicyclic) bond motifs is 1. The van der Waals surface area contributed by atoms with Crippen molar-refractivity contribution in [1.82, 2.24) is 9.88 Å². The van der Waals surface area contributed by atoms with Crippen molar-refractivity contribution in [3.8, 4) is 0 Å². The second kappa shape index (κ2) is 11.0. The molecule has 210 valence electrons. The van der Waals surface area contributed by atoms with Crippen molar-refractivity contribution in [1.29, 1.82) is 0 Å². The van der Waals surface area contributed by atoms with E-state index in [-0.39, 0.29) is 5.57 Å². The molecule has 5 rings (SSSR count). The van der Waals surface area contributed by atoms with E-state index >= 15 is 0 Å². The molecule has 0 bridgehead atoms. The number of rotatable bonds is 7. The number of nitrogens with zero attached hydrogens (tertiary/aromatic N) is 3. The number of esters is 1. The van der Waals surface area contributed by atoms with Crippen LogP contribution in [0.3, 0.4) is 0 Å². The van der Waals surface area contributed by atoms with Gasteiger partial charge in [0.1, 0.15) is 11.4 Å². The topological polar surface area (TPSA) is 158 Å². The molecule has 41 heavy (non-hydrogen) atoms. The van der Waals surface area contributed by atoms with Crippen molar-refractivity contribution in [3.63, 3.8) is 0 Å². The molecule has 2 aliphatic heterocycles. The molecule has 2 fully saturated rings. The van der Waals surface area contributed by atoms with Crippen LogP contribution in [0.4, 0.5) is 4.79 Å². The van der Waals surface area contributed by atoms with Crippen LogP contribution in [0.5, 0.6) is 0 Å². The van der Waals surface area contributed by atoms with Crippen molar-refractivity contribution < 1.29 is 32.3 Å². The number of hydrogen-bond donors (Lipinski definition) is 1. The highest BCUT2D eigenvalue weighted by Gasteiger charge is 2.73. The van der Waals surface area contributed by atoms with Gasteiger partial charge in [0, 0.05) is 6.20 Å². The molecular weight excluding hydrogens is 548 g/mol. The predicted octanol–water partition coefficient (Wildman–Crippen LogP) is 2.65. The summed E-state index contributed by atoms with van der Waals surface area (Å²) >= 11 is 0. The highest BCUT2D eigenvalue weighted by molar-refractivity contribution is 7.94. The summed E-state index contributed by atoms with van der Waals surface area (Å²) in [5, 5.41) is -1.47. The van der Waals surface area contributed by atoms with Crippen molar-refractivity contribution >= 4 is 40.2 Å². The van der Waals surface area contributed by atoms with Gasteiger partial charge in [0.25, 0.3) is 5.91 Å². The summed E-state index contributed by atoms with van der Waals surface area (Å²) in [4.78, 5) is 47.8. The third kappa shape index (κ3) is 4.86.